The van der Waals surface area contributed by atoms with Crippen LogP contribution in [0.4, 0.5) is 0 Å². The Morgan fingerprint density at radius 3 is 1.39 bits per heavy atom. The summed E-state index contributed by atoms with van der Waals surface area (Å²) in [7, 11) is 1.13. The third-order valence-corrected chi connectivity index (χ3v) is 11.8. The van der Waals surface area contributed by atoms with Crippen LogP contribution in [0.3, 0.4) is 0 Å². The minimum atomic E-state index is -4.65. The molecule has 9 nitrogen and oxygen atoms in total. The first-order chi connectivity index (χ1) is 30.0. The number of phosphoric acid groups is 1. The molecule has 0 aliphatic rings. The zero-order valence-electron chi connectivity index (χ0n) is 40.8. The van der Waals surface area contributed by atoms with Gasteiger partial charge in [0, 0.05) is 12.8 Å². The Kier molecular flexibility index (Phi) is 42.7. The summed E-state index contributed by atoms with van der Waals surface area (Å²) in [5.41, 5.74) is 0. The average Bonchev–Trinajstić information content (AvgIpc) is 3.23. The molecule has 0 bridgehead atoms. The zero-order chi connectivity index (χ0) is 45.7. The average molecular weight is 894 g/mol. The van der Waals surface area contributed by atoms with Crippen molar-refractivity contribution in [3.8, 4) is 0 Å². The number of nitrogens with zero attached hydrogens (tertiary/aromatic N) is 1. The van der Waals surface area contributed by atoms with Gasteiger partial charge in [0.2, 0.25) is 0 Å². The summed E-state index contributed by atoms with van der Waals surface area (Å²) in [5.74, 6) is -0.919. The summed E-state index contributed by atoms with van der Waals surface area (Å²) in [5, 5.41) is 0. The molecule has 0 amide bonds. The molecule has 2 atom stereocenters. The number of hydrogen-bond donors (Lipinski definition) is 0. The van der Waals surface area contributed by atoms with Gasteiger partial charge in [0.1, 0.15) is 19.8 Å². The number of quaternary nitrogens is 1. The normalized spacial score (nSPS) is 13.8. The Bertz CT molecular complexity index is 1190. The summed E-state index contributed by atoms with van der Waals surface area (Å²) in [6.45, 7) is 4.16. The van der Waals surface area contributed by atoms with Crippen molar-refractivity contribution < 1.29 is 42.1 Å². The highest BCUT2D eigenvalue weighted by molar-refractivity contribution is 7.45. The van der Waals surface area contributed by atoms with E-state index in [1.54, 1.807) is 0 Å². The summed E-state index contributed by atoms with van der Waals surface area (Å²) >= 11 is 0. The fourth-order valence-corrected chi connectivity index (χ4v) is 7.55. The molecule has 0 heterocycles. The fraction of sp³-hybridized carbons (Fsp3) is 0.808. The standard InChI is InChI=1S/C52H96NO8P/c1-6-8-10-12-14-16-18-20-22-23-24-25-26-27-28-29-31-33-35-37-39-41-43-45-52(55)61-50(49-60-62(56,57)59-47-46-53(3,4)5)48-58-51(54)44-42-40-38-36-34-32-30-21-19-17-15-13-11-9-7-2/h21,29-31,34,36-37,39,50H,6-20,22-28,32-33,35,38,40-49H2,1-5H3/b30-21+,31-29+,36-34+,39-37+/t50-/m1/s1. The minimum absolute atomic E-state index is 0.0434. The van der Waals surface area contributed by atoms with Gasteiger partial charge in [0.15, 0.2) is 6.10 Å². The second-order valence-electron chi connectivity index (χ2n) is 18.2. The smallest absolute Gasteiger partial charge is 0.306 e. The summed E-state index contributed by atoms with van der Waals surface area (Å²) < 4.78 is 33.9. The van der Waals surface area contributed by atoms with Gasteiger partial charge in [-0.25, -0.2) is 0 Å². The van der Waals surface area contributed by atoms with E-state index in [1.807, 2.05) is 21.1 Å². The molecular formula is C52H96NO8P. The van der Waals surface area contributed by atoms with Crippen LogP contribution < -0.4 is 4.89 Å². The van der Waals surface area contributed by atoms with Gasteiger partial charge >= 0.3 is 11.9 Å². The Hall–Kier alpha value is -2.03. The van der Waals surface area contributed by atoms with Crippen LogP contribution in [0.25, 0.3) is 0 Å². The molecule has 0 N–H and O–H groups in total. The van der Waals surface area contributed by atoms with E-state index < -0.39 is 32.5 Å². The molecular weight excluding hydrogens is 798 g/mol. The van der Waals surface area contributed by atoms with Crippen molar-refractivity contribution in [3.63, 3.8) is 0 Å². The highest BCUT2D eigenvalue weighted by Gasteiger charge is 2.21. The van der Waals surface area contributed by atoms with E-state index in [9.17, 15) is 19.0 Å². The van der Waals surface area contributed by atoms with Crippen LogP contribution in [-0.4, -0.2) is 70.0 Å². The maximum atomic E-state index is 12.7. The monoisotopic (exact) mass is 894 g/mol. The van der Waals surface area contributed by atoms with E-state index in [2.05, 4.69) is 62.5 Å². The molecule has 0 aromatic heterocycles. The van der Waals surface area contributed by atoms with Crippen molar-refractivity contribution in [2.75, 3.05) is 47.5 Å². The Labute approximate surface area is 382 Å². The molecule has 0 fully saturated rings. The van der Waals surface area contributed by atoms with Gasteiger partial charge in [0.05, 0.1) is 27.7 Å². The highest BCUT2D eigenvalue weighted by Crippen LogP contribution is 2.38. The van der Waals surface area contributed by atoms with E-state index in [4.69, 9.17) is 18.5 Å². The van der Waals surface area contributed by atoms with Gasteiger partial charge in [-0.2, -0.15) is 0 Å². The summed E-state index contributed by atoms with van der Waals surface area (Å²) in [6, 6.07) is 0. The van der Waals surface area contributed by atoms with Crippen molar-refractivity contribution in [2.24, 2.45) is 0 Å². The van der Waals surface area contributed by atoms with Gasteiger partial charge < -0.3 is 27.9 Å². The van der Waals surface area contributed by atoms with Gasteiger partial charge in [-0.1, -0.05) is 178 Å². The predicted octanol–water partition coefficient (Wildman–Crippen LogP) is 14.4. The van der Waals surface area contributed by atoms with Crippen molar-refractivity contribution in [3.05, 3.63) is 48.6 Å². The van der Waals surface area contributed by atoms with Crippen LogP contribution in [0.15, 0.2) is 48.6 Å². The fourth-order valence-electron chi connectivity index (χ4n) is 6.82. The lowest BCUT2D eigenvalue weighted by molar-refractivity contribution is -0.870. The number of carbonyl (C=O) groups excluding carboxylic acids is 2. The minimum Gasteiger partial charge on any atom is -0.756 e. The maximum Gasteiger partial charge on any atom is 0.306 e. The lowest BCUT2D eigenvalue weighted by Gasteiger charge is -2.28. The zero-order valence-corrected chi connectivity index (χ0v) is 41.7. The first kappa shape index (κ1) is 60.0. The SMILES string of the molecule is CCCCCCCC/C=C/C/C=C/CCCCC(=O)OC[C@H](COP(=O)([O-])OCC[N+](C)(C)C)OC(=O)CCC/C=C/CC/C=C/CCCCCCCCCCCCCCCC. The molecule has 0 radical (unpaired) electrons. The van der Waals surface area contributed by atoms with Crippen LogP contribution in [0, 0.1) is 0 Å². The van der Waals surface area contributed by atoms with Crippen molar-refractivity contribution in [1.29, 1.82) is 0 Å². The number of ether oxygens (including phenoxy) is 2. The van der Waals surface area contributed by atoms with Gasteiger partial charge in [0.25, 0.3) is 7.82 Å². The number of phosphoric ester groups is 1. The number of likely N-dealkylation sites (N-methyl/N-ethyl adjacent to an activating group) is 1. The Morgan fingerprint density at radius 2 is 0.903 bits per heavy atom. The second-order valence-corrected chi connectivity index (χ2v) is 19.6. The molecule has 62 heavy (non-hydrogen) atoms. The number of allylic oxidation sites excluding steroid dienone is 8. The maximum absolute atomic E-state index is 12.7. The number of rotatable bonds is 46. The number of esters is 2. The lowest BCUT2D eigenvalue weighted by atomic mass is 10.0. The topological polar surface area (TPSA) is 111 Å². The van der Waals surface area contributed by atoms with Gasteiger partial charge in [-0.15, -0.1) is 0 Å². The molecule has 0 saturated carbocycles. The summed E-state index contributed by atoms with van der Waals surface area (Å²) in [4.78, 5) is 37.6. The molecule has 0 aromatic rings. The van der Waals surface area contributed by atoms with Crippen LogP contribution in [0.5, 0.6) is 0 Å². The third-order valence-electron chi connectivity index (χ3n) is 10.8. The third kappa shape index (κ3) is 47.4. The van der Waals surface area contributed by atoms with E-state index in [0.717, 1.165) is 51.4 Å². The largest absolute Gasteiger partial charge is 0.756 e. The molecule has 0 aromatic carbocycles. The van der Waals surface area contributed by atoms with Gasteiger partial charge in [-0.3, -0.25) is 14.2 Å². The quantitative estimate of drug-likeness (QED) is 0.0195. The Morgan fingerprint density at radius 1 is 0.500 bits per heavy atom. The number of carbonyl (C=O) groups is 2. The summed E-state index contributed by atoms with van der Waals surface area (Å²) in [6.07, 6.45) is 53.1. The molecule has 0 aliphatic carbocycles. The molecule has 1 unspecified atom stereocenters. The van der Waals surface area contributed by atoms with Crippen LogP contribution in [0.2, 0.25) is 0 Å². The molecule has 10 heteroatoms. The van der Waals surface area contributed by atoms with E-state index in [-0.39, 0.29) is 26.1 Å². The molecule has 0 saturated heterocycles. The second kappa shape index (κ2) is 44.2. The molecule has 0 aliphatic heterocycles. The van der Waals surface area contributed by atoms with E-state index >= 15 is 0 Å². The predicted molar refractivity (Wildman–Crippen MR) is 259 cm³/mol. The van der Waals surface area contributed by atoms with Crippen LogP contribution in [0.1, 0.15) is 219 Å². The van der Waals surface area contributed by atoms with Crippen molar-refractivity contribution in [2.45, 2.75) is 225 Å². The number of unbranched alkanes of at least 4 members (excludes halogenated alkanes) is 24. The first-order valence-electron chi connectivity index (χ1n) is 25.3. The van der Waals surface area contributed by atoms with E-state index in [1.165, 1.54) is 128 Å². The van der Waals surface area contributed by atoms with Crippen LogP contribution >= 0.6 is 7.82 Å². The molecule has 0 spiro atoms. The highest BCUT2D eigenvalue weighted by atomic mass is 31.2. The van der Waals surface area contributed by atoms with Crippen LogP contribution in [-0.2, 0) is 32.7 Å². The Balaban J connectivity index is 4.33. The molecule has 362 valence electrons. The first-order valence-corrected chi connectivity index (χ1v) is 26.8. The molecule has 0 rings (SSSR count). The number of hydrogen-bond acceptors (Lipinski definition) is 8. The van der Waals surface area contributed by atoms with Crippen molar-refractivity contribution in [1.82, 2.24) is 0 Å². The van der Waals surface area contributed by atoms with E-state index in [0.29, 0.717) is 23.9 Å². The van der Waals surface area contributed by atoms with Crippen molar-refractivity contribution >= 4 is 19.8 Å². The van der Waals surface area contributed by atoms with Gasteiger partial charge in [-0.05, 0) is 77.0 Å². The lowest BCUT2D eigenvalue weighted by Crippen LogP contribution is -2.37.